The maximum atomic E-state index is 11.1. The van der Waals surface area contributed by atoms with Crippen LogP contribution in [0.1, 0.15) is 12.0 Å². The summed E-state index contributed by atoms with van der Waals surface area (Å²) < 4.78 is 9.95. The molecule has 0 saturated heterocycles. The molecule has 1 amide bonds. The van der Waals surface area contributed by atoms with Crippen molar-refractivity contribution in [2.75, 3.05) is 14.2 Å². The number of amides is 1. The van der Waals surface area contributed by atoms with Crippen LogP contribution in [-0.2, 0) is 4.79 Å². The van der Waals surface area contributed by atoms with Crippen molar-refractivity contribution in [3.05, 3.63) is 27.8 Å². The van der Waals surface area contributed by atoms with Crippen LogP contribution in [0.4, 0.5) is 5.69 Å². The molecule has 0 aliphatic rings. The van der Waals surface area contributed by atoms with Gasteiger partial charge in [-0.3, -0.25) is 14.9 Å². The molecular weight excluding hydrogens is 280 g/mol. The second kappa shape index (κ2) is 7.44. The lowest BCUT2D eigenvalue weighted by molar-refractivity contribution is -0.385. The molecule has 1 N–H and O–H groups in total. The first-order valence-corrected chi connectivity index (χ1v) is 5.62. The summed E-state index contributed by atoms with van der Waals surface area (Å²) in [5.74, 6) is -0.340. The Morgan fingerprint density at radius 2 is 2.14 bits per heavy atom. The van der Waals surface area contributed by atoms with Crippen LogP contribution in [0.15, 0.2) is 17.2 Å². The Kier molecular flexibility index (Phi) is 5.64. The number of hydrogen-bond acceptors (Lipinski definition) is 7. The van der Waals surface area contributed by atoms with Crippen molar-refractivity contribution in [1.82, 2.24) is 5.43 Å². The first-order chi connectivity index (χ1) is 10.0. The Morgan fingerprint density at radius 3 is 2.67 bits per heavy atom. The van der Waals surface area contributed by atoms with E-state index < -0.39 is 10.8 Å². The summed E-state index contributed by atoms with van der Waals surface area (Å²) in [6.07, 6.45) is 0.915. The summed E-state index contributed by atoms with van der Waals surface area (Å²) in [6.45, 7) is 0. The van der Waals surface area contributed by atoms with Gasteiger partial charge in [0.25, 0.3) is 5.91 Å². The Labute approximate surface area is 119 Å². The van der Waals surface area contributed by atoms with Crippen molar-refractivity contribution >= 4 is 17.8 Å². The number of rotatable bonds is 6. The zero-order valence-corrected chi connectivity index (χ0v) is 11.3. The van der Waals surface area contributed by atoms with Crippen LogP contribution in [0.5, 0.6) is 11.5 Å². The molecule has 1 aromatic rings. The molecule has 0 heterocycles. The fraction of sp³-hybridized carbons (Fsp3) is 0.250. The van der Waals surface area contributed by atoms with Crippen molar-refractivity contribution in [3.8, 4) is 17.6 Å². The number of carbonyl (C=O) groups excluding carboxylic acids is 1. The molecule has 0 saturated carbocycles. The van der Waals surface area contributed by atoms with Gasteiger partial charge in [-0.25, -0.2) is 5.43 Å². The number of nitriles is 1. The molecule has 1 rings (SSSR count). The fourth-order valence-corrected chi connectivity index (χ4v) is 1.43. The zero-order valence-electron chi connectivity index (χ0n) is 11.3. The molecule has 21 heavy (non-hydrogen) atoms. The van der Waals surface area contributed by atoms with Crippen molar-refractivity contribution in [2.45, 2.75) is 6.42 Å². The lowest BCUT2D eigenvalue weighted by Gasteiger charge is -2.07. The highest BCUT2D eigenvalue weighted by molar-refractivity contribution is 5.87. The summed E-state index contributed by atoms with van der Waals surface area (Å²) in [7, 11) is 2.64. The molecule has 9 heteroatoms. The predicted octanol–water partition coefficient (Wildman–Crippen LogP) is 0.976. The first-order valence-electron chi connectivity index (χ1n) is 5.62. The number of nitrogens with one attached hydrogen (secondary N) is 1. The van der Waals surface area contributed by atoms with Gasteiger partial charge in [0.05, 0.1) is 37.5 Å². The Bertz CT molecular complexity index is 621. The second-order valence-corrected chi connectivity index (χ2v) is 3.65. The highest BCUT2D eigenvalue weighted by Crippen LogP contribution is 2.33. The number of carbonyl (C=O) groups is 1. The van der Waals surface area contributed by atoms with Gasteiger partial charge in [-0.2, -0.15) is 10.4 Å². The molecule has 9 nitrogen and oxygen atoms in total. The molecule has 0 aromatic heterocycles. The lowest BCUT2D eigenvalue weighted by Crippen LogP contribution is -2.16. The standard InChI is InChI=1S/C12H12N4O5/c1-20-10-6-9(16(18)19)11(21-2)5-8(10)7-14-15-12(17)3-4-13/h5-7H,3H2,1-2H3,(H,15,17). The molecular formula is C12H12N4O5. The molecule has 110 valence electrons. The molecule has 0 aliphatic heterocycles. The Hall–Kier alpha value is -3.15. The van der Waals surface area contributed by atoms with E-state index in [0.717, 1.165) is 0 Å². The number of nitro benzene ring substituents is 1. The van der Waals surface area contributed by atoms with Crippen molar-refractivity contribution < 1.29 is 19.2 Å². The van der Waals surface area contributed by atoms with E-state index in [1.54, 1.807) is 6.07 Å². The Balaban J connectivity index is 3.07. The number of ether oxygens (including phenoxy) is 2. The molecule has 0 aliphatic carbocycles. The summed E-state index contributed by atoms with van der Waals surface area (Å²) in [6, 6.07) is 4.22. The quantitative estimate of drug-likeness (QED) is 0.473. The summed E-state index contributed by atoms with van der Waals surface area (Å²) in [5.41, 5.74) is 2.26. The van der Waals surface area contributed by atoms with Crippen LogP contribution in [0.3, 0.4) is 0 Å². The highest BCUT2D eigenvalue weighted by Gasteiger charge is 2.18. The molecule has 0 spiro atoms. The number of methoxy groups -OCH3 is 2. The maximum Gasteiger partial charge on any atom is 0.314 e. The minimum absolute atomic E-state index is 0.0330. The molecule has 0 unspecified atom stereocenters. The molecule has 0 atom stereocenters. The summed E-state index contributed by atoms with van der Waals surface area (Å²) in [4.78, 5) is 21.3. The third kappa shape index (κ3) is 4.17. The van der Waals surface area contributed by atoms with E-state index in [9.17, 15) is 14.9 Å². The van der Waals surface area contributed by atoms with E-state index in [-0.39, 0.29) is 23.6 Å². The van der Waals surface area contributed by atoms with Crippen molar-refractivity contribution in [2.24, 2.45) is 5.10 Å². The topological polar surface area (TPSA) is 127 Å². The molecule has 0 radical (unpaired) electrons. The number of hydrazone groups is 1. The second-order valence-electron chi connectivity index (χ2n) is 3.65. The van der Waals surface area contributed by atoms with E-state index >= 15 is 0 Å². The average Bonchev–Trinajstić information content (AvgIpc) is 2.46. The minimum atomic E-state index is -0.600. The third-order valence-corrected chi connectivity index (χ3v) is 2.36. The van der Waals surface area contributed by atoms with Gasteiger partial charge in [0.1, 0.15) is 12.2 Å². The third-order valence-electron chi connectivity index (χ3n) is 2.36. The van der Waals surface area contributed by atoms with Gasteiger partial charge in [-0.05, 0) is 6.07 Å². The van der Waals surface area contributed by atoms with Crippen LogP contribution >= 0.6 is 0 Å². The van der Waals surface area contributed by atoms with Gasteiger partial charge < -0.3 is 9.47 Å². The SMILES string of the molecule is COc1cc([N+](=O)[O-])c(OC)cc1C=NNC(=O)CC#N. The van der Waals surface area contributed by atoms with Gasteiger partial charge in [0.2, 0.25) is 0 Å². The Morgan fingerprint density at radius 1 is 1.48 bits per heavy atom. The van der Waals surface area contributed by atoms with Crippen LogP contribution in [0.2, 0.25) is 0 Å². The smallest absolute Gasteiger partial charge is 0.314 e. The van der Waals surface area contributed by atoms with E-state index in [2.05, 4.69) is 10.5 Å². The van der Waals surface area contributed by atoms with Gasteiger partial charge in [0, 0.05) is 5.56 Å². The molecule has 0 bridgehead atoms. The summed E-state index contributed by atoms with van der Waals surface area (Å²) >= 11 is 0. The number of benzene rings is 1. The van der Waals surface area contributed by atoms with Crippen molar-refractivity contribution in [3.63, 3.8) is 0 Å². The zero-order chi connectivity index (χ0) is 15.8. The van der Waals surface area contributed by atoms with Gasteiger partial charge in [-0.1, -0.05) is 0 Å². The predicted molar refractivity (Wildman–Crippen MR) is 72.2 cm³/mol. The van der Waals surface area contributed by atoms with E-state index in [1.165, 1.54) is 32.6 Å². The van der Waals surface area contributed by atoms with Crippen LogP contribution in [0, 0.1) is 21.4 Å². The van der Waals surface area contributed by atoms with E-state index in [0.29, 0.717) is 5.56 Å². The monoisotopic (exact) mass is 292 g/mol. The van der Waals surface area contributed by atoms with Crippen LogP contribution in [0.25, 0.3) is 0 Å². The number of hydrogen-bond donors (Lipinski definition) is 1. The largest absolute Gasteiger partial charge is 0.496 e. The van der Waals surface area contributed by atoms with Gasteiger partial charge in [-0.15, -0.1) is 0 Å². The van der Waals surface area contributed by atoms with Gasteiger partial charge >= 0.3 is 5.69 Å². The highest BCUT2D eigenvalue weighted by atomic mass is 16.6. The lowest BCUT2D eigenvalue weighted by atomic mass is 10.2. The first kappa shape index (κ1) is 15.9. The van der Waals surface area contributed by atoms with Crippen LogP contribution in [-0.4, -0.2) is 31.3 Å². The van der Waals surface area contributed by atoms with Crippen molar-refractivity contribution in [1.29, 1.82) is 5.26 Å². The normalized spacial score (nSPS) is 9.95. The maximum absolute atomic E-state index is 11.1. The fourth-order valence-electron chi connectivity index (χ4n) is 1.43. The number of nitrogens with zero attached hydrogens (tertiary/aromatic N) is 3. The number of nitro groups is 1. The summed E-state index contributed by atoms with van der Waals surface area (Å²) in [5, 5.41) is 22.8. The molecule has 1 aromatic carbocycles. The van der Waals surface area contributed by atoms with E-state index in [4.69, 9.17) is 14.7 Å². The van der Waals surface area contributed by atoms with Gasteiger partial charge in [0.15, 0.2) is 5.75 Å². The average molecular weight is 292 g/mol. The van der Waals surface area contributed by atoms with Crippen LogP contribution < -0.4 is 14.9 Å². The minimum Gasteiger partial charge on any atom is -0.496 e. The molecule has 0 fully saturated rings. The van der Waals surface area contributed by atoms with E-state index in [1.807, 2.05) is 0 Å².